The van der Waals surface area contributed by atoms with Crippen LogP contribution in [0.15, 0.2) is 30.3 Å². The zero-order chi connectivity index (χ0) is 25.6. The zero-order valence-corrected chi connectivity index (χ0v) is 22.1. The molecule has 0 aliphatic rings. The standard InChI is InChI=1S/C28H43N3O4/c1-6-10-12-22(8-3)20-34-18-11-17-29-27(32)23-13-15-24(16-14-23)31-26(21(5)7-2)19-25(30-31)28(33)35-9-4/h13-16,19,21-22H,6-12,17-18,20H2,1-5H3,(H,29,32)/t21-,22+/m0/s1. The third-order valence-electron chi connectivity index (χ3n) is 6.36. The lowest BCUT2D eigenvalue weighted by Crippen LogP contribution is -2.25. The van der Waals surface area contributed by atoms with Crippen molar-refractivity contribution in [2.75, 3.05) is 26.4 Å². The molecule has 0 aliphatic carbocycles. The third-order valence-corrected chi connectivity index (χ3v) is 6.36. The Kier molecular flexibility index (Phi) is 12.5. The Morgan fingerprint density at radius 3 is 2.43 bits per heavy atom. The van der Waals surface area contributed by atoms with Gasteiger partial charge in [-0.25, -0.2) is 9.48 Å². The van der Waals surface area contributed by atoms with Crippen LogP contribution in [-0.2, 0) is 9.47 Å². The van der Waals surface area contributed by atoms with Gasteiger partial charge in [0.1, 0.15) is 0 Å². The quantitative estimate of drug-likeness (QED) is 0.236. The van der Waals surface area contributed by atoms with Crippen molar-refractivity contribution in [2.24, 2.45) is 5.92 Å². The van der Waals surface area contributed by atoms with Crippen LogP contribution in [0.4, 0.5) is 0 Å². The van der Waals surface area contributed by atoms with Crippen LogP contribution in [0.2, 0.25) is 0 Å². The van der Waals surface area contributed by atoms with Crippen molar-refractivity contribution in [1.29, 1.82) is 0 Å². The van der Waals surface area contributed by atoms with E-state index in [2.05, 4.69) is 38.1 Å². The number of carbonyl (C=O) groups is 2. The number of carbonyl (C=O) groups excluding carboxylic acids is 2. The Bertz CT molecular complexity index is 907. The average molecular weight is 486 g/mol. The molecular formula is C28H43N3O4. The molecule has 1 aromatic carbocycles. The number of amides is 1. The summed E-state index contributed by atoms with van der Waals surface area (Å²) in [6, 6.07) is 9.07. The Labute approximate surface area is 210 Å². The second-order valence-electron chi connectivity index (χ2n) is 9.04. The Morgan fingerprint density at radius 1 is 1.06 bits per heavy atom. The van der Waals surface area contributed by atoms with Gasteiger partial charge in [0.05, 0.1) is 12.3 Å². The van der Waals surface area contributed by atoms with Gasteiger partial charge in [0, 0.05) is 31.0 Å². The van der Waals surface area contributed by atoms with Crippen LogP contribution in [0.25, 0.3) is 5.69 Å². The van der Waals surface area contributed by atoms with Crippen LogP contribution < -0.4 is 5.32 Å². The Hall–Kier alpha value is -2.67. The van der Waals surface area contributed by atoms with Crippen LogP contribution in [0.3, 0.4) is 0 Å². The van der Waals surface area contributed by atoms with E-state index in [0.29, 0.717) is 36.9 Å². The van der Waals surface area contributed by atoms with E-state index < -0.39 is 5.97 Å². The number of nitrogens with one attached hydrogen (secondary N) is 1. The molecular weight excluding hydrogens is 442 g/mol. The van der Waals surface area contributed by atoms with E-state index in [1.54, 1.807) is 29.8 Å². The van der Waals surface area contributed by atoms with Gasteiger partial charge in [0.2, 0.25) is 0 Å². The number of aromatic nitrogens is 2. The highest BCUT2D eigenvalue weighted by Gasteiger charge is 2.19. The van der Waals surface area contributed by atoms with Crippen molar-refractivity contribution >= 4 is 11.9 Å². The molecule has 0 radical (unpaired) electrons. The molecule has 1 aromatic heterocycles. The fourth-order valence-electron chi connectivity index (χ4n) is 3.85. The summed E-state index contributed by atoms with van der Waals surface area (Å²) >= 11 is 0. The number of esters is 1. The smallest absolute Gasteiger partial charge is 0.358 e. The van der Waals surface area contributed by atoms with E-state index in [1.165, 1.54) is 19.3 Å². The number of ether oxygens (including phenoxy) is 2. The van der Waals surface area contributed by atoms with Crippen molar-refractivity contribution in [3.63, 3.8) is 0 Å². The van der Waals surface area contributed by atoms with Gasteiger partial charge in [-0.3, -0.25) is 4.79 Å². The number of hydrogen-bond acceptors (Lipinski definition) is 5. The maximum atomic E-state index is 12.5. The third kappa shape index (κ3) is 8.80. The summed E-state index contributed by atoms with van der Waals surface area (Å²) in [5.74, 6) is 0.310. The number of nitrogens with zero attached hydrogens (tertiary/aromatic N) is 2. The summed E-state index contributed by atoms with van der Waals surface area (Å²) < 4.78 is 12.7. The lowest BCUT2D eigenvalue weighted by atomic mass is 10.0. The van der Waals surface area contributed by atoms with E-state index in [0.717, 1.165) is 37.3 Å². The number of unbranched alkanes of at least 4 members (excludes halogenated alkanes) is 1. The van der Waals surface area contributed by atoms with Gasteiger partial charge in [-0.15, -0.1) is 0 Å². The highest BCUT2D eigenvalue weighted by molar-refractivity contribution is 5.94. The highest BCUT2D eigenvalue weighted by Crippen LogP contribution is 2.24. The molecule has 0 fully saturated rings. The average Bonchev–Trinajstić information content (AvgIpc) is 3.33. The Balaban J connectivity index is 1.91. The van der Waals surface area contributed by atoms with Gasteiger partial charge in [0.15, 0.2) is 5.69 Å². The van der Waals surface area contributed by atoms with Crippen molar-refractivity contribution in [1.82, 2.24) is 15.1 Å². The minimum absolute atomic E-state index is 0.110. The van der Waals surface area contributed by atoms with Gasteiger partial charge in [-0.2, -0.15) is 5.10 Å². The van der Waals surface area contributed by atoms with E-state index in [4.69, 9.17) is 9.47 Å². The fraction of sp³-hybridized carbons (Fsp3) is 0.607. The molecule has 7 heteroatoms. The van der Waals surface area contributed by atoms with E-state index in [1.807, 2.05) is 12.1 Å². The molecule has 2 atom stereocenters. The molecule has 0 spiro atoms. The summed E-state index contributed by atoms with van der Waals surface area (Å²) in [7, 11) is 0. The fourth-order valence-corrected chi connectivity index (χ4v) is 3.85. The van der Waals surface area contributed by atoms with E-state index >= 15 is 0 Å². The molecule has 2 rings (SSSR count). The van der Waals surface area contributed by atoms with Crippen molar-refractivity contribution in [3.05, 3.63) is 47.3 Å². The first-order chi connectivity index (χ1) is 16.9. The first-order valence-electron chi connectivity index (χ1n) is 13.2. The van der Waals surface area contributed by atoms with E-state index in [9.17, 15) is 9.59 Å². The lowest BCUT2D eigenvalue weighted by molar-refractivity contribution is 0.0518. The van der Waals surface area contributed by atoms with Crippen molar-refractivity contribution in [2.45, 2.75) is 79.1 Å². The van der Waals surface area contributed by atoms with Gasteiger partial charge in [-0.05, 0) is 68.4 Å². The second-order valence-corrected chi connectivity index (χ2v) is 9.04. The van der Waals surface area contributed by atoms with Crippen LogP contribution in [0.1, 0.15) is 106 Å². The van der Waals surface area contributed by atoms with Crippen LogP contribution in [0.5, 0.6) is 0 Å². The largest absolute Gasteiger partial charge is 0.461 e. The summed E-state index contributed by atoms with van der Waals surface area (Å²) in [5.41, 5.74) is 2.62. The maximum absolute atomic E-state index is 12.5. The number of benzene rings is 1. The van der Waals surface area contributed by atoms with Crippen molar-refractivity contribution in [3.8, 4) is 5.69 Å². The molecule has 1 N–H and O–H groups in total. The molecule has 35 heavy (non-hydrogen) atoms. The van der Waals surface area contributed by atoms with Gasteiger partial charge in [0.25, 0.3) is 5.91 Å². The van der Waals surface area contributed by atoms with Crippen LogP contribution >= 0.6 is 0 Å². The lowest BCUT2D eigenvalue weighted by Gasteiger charge is -2.14. The molecule has 7 nitrogen and oxygen atoms in total. The molecule has 0 unspecified atom stereocenters. The van der Waals surface area contributed by atoms with Crippen molar-refractivity contribution < 1.29 is 19.1 Å². The number of rotatable bonds is 16. The van der Waals surface area contributed by atoms with Crippen LogP contribution in [-0.4, -0.2) is 48.0 Å². The van der Waals surface area contributed by atoms with Gasteiger partial charge < -0.3 is 14.8 Å². The zero-order valence-electron chi connectivity index (χ0n) is 22.1. The monoisotopic (exact) mass is 485 g/mol. The molecule has 0 saturated carbocycles. The first-order valence-corrected chi connectivity index (χ1v) is 13.2. The van der Waals surface area contributed by atoms with Gasteiger partial charge in [-0.1, -0.05) is 47.0 Å². The minimum Gasteiger partial charge on any atom is -0.461 e. The SMILES string of the molecule is CCCC[C@@H](CC)COCCCNC(=O)c1ccc(-n2nc(C(=O)OCC)cc2[C@@H](C)CC)cc1. The summed E-state index contributed by atoms with van der Waals surface area (Å²) in [5, 5.41) is 7.45. The Morgan fingerprint density at radius 2 is 1.80 bits per heavy atom. The second kappa shape index (κ2) is 15.4. The predicted molar refractivity (Wildman–Crippen MR) is 139 cm³/mol. The summed E-state index contributed by atoms with van der Waals surface area (Å²) in [6.45, 7) is 12.7. The molecule has 2 aromatic rings. The molecule has 0 bridgehead atoms. The minimum atomic E-state index is -0.429. The normalized spacial score (nSPS) is 12.8. The number of hydrogen-bond donors (Lipinski definition) is 1. The molecule has 1 amide bonds. The first kappa shape index (κ1) is 28.6. The summed E-state index contributed by atoms with van der Waals surface area (Å²) in [4.78, 5) is 24.7. The summed E-state index contributed by atoms with van der Waals surface area (Å²) in [6.07, 6.45) is 6.55. The maximum Gasteiger partial charge on any atom is 0.358 e. The topological polar surface area (TPSA) is 82.5 Å². The van der Waals surface area contributed by atoms with E-state index in [-0.39, 0.29) is 11.8 Å². The highest BCUT2D eigenvalue weighted by atomic mass is 16.5. The van der Waals surface area contributed by atoms with Gasteiger partial charge >= 0.3 is 5.97 Å². The molecule has 1 heterocycles. The molecule has 0 aliphatic heterocycles. The molecule has 194 valence electrons. The molecule has 0 saturated heterocycles. The van der Waals surface area contributed by atoms with Crippen LogP contribution in [0, 0.1) is 5.92 Å². The predicted octanol–water partition coefficient (Wildman–Crippen LogP) is 5.92.